The molecule has 0 spiro atoms. The van der Waals surface area contributed by atoms with E-state index in [4.69, 9.17) is 5.26 Å². The molecule has 0 unspecified atom stereocenters. The number of hydrogen-bond acceptors (Lipinski definition) is 5. The summed E-state index contributed by atoms with van der Waals surface area (Å²) in [7, 11) is -3.61. The van der Waals surface area contributed by atoms with Gasteiger partial charge >= 0.3 is 10.1 Å². The Balaban J connectivity index is 3.17. The van der Waals surface area contributed by atoms with E-state index in [0.29, 0.717) is 5.69 Å². The summed E-state index contributed by atoms with van der Waals surface area (Å²) in [6.45, 7) is 1.70. The van der Waals surface area contributed by atoms with Gasteiger partial charge in [0.15, 0.2) is 11.4 Å². The van der Waals surface area contributed by atoms with Crippen LogP contribution in [0, 0.1) is 18.3 Å². The third-order valence-electron chi connectivity index (χ3n) is 1.34. The third kappa shape index (κ3) is 2.71. The fourth-order valence-electron chi connectivity index (χ4n) is 0.854. The van der Waals surface area contributed by atoms with Crippen molar-refractivity contribution < 1.29 is 12.6 Å². The highest BCUT2D eigenvalue weighted by Gasteiger charge is 2.10. The van der Waals surface area contributed by atoms with E-state index in [0.717, 1.165) is 6.26 Å². The Morgan fingerprint density at radius 1 is 1.50 bits per heavy atom. The maximum absolute atomic E-state index is 10.8. The zero-order chi connectivity index (χ0) is 10.8. The van der Waals surface area contributed by atoms with Crippen LogP contribution in [0.4, 0.5) is 0 Å². The van der Waals surface area contributed by atoms with Gasteiger partial charge in [0.05, 0.1) is 6.26 Å². The summed E-state index contributed by atoms with van der Waals surface area (Å²) in [5.41, 5.74) is 0.595. The summed E-state index contributed by atoms with van der Waals surface area (Å²) in [5, 5.41) is 8.65. The minimum absolute atomic E-state index is 0.0320. The molecular formula is C8H8N2O3S. The SMILES string of the molecule is Cc1ccc(OS(C)(=O)=O)c(C#N)n1. The maximum atomic E-state index is 10.8. The first kappa shape index (κ1) is 10.5. The molecule has 6 heteroatoms. The lowest BCUT2D eigenvalue weighted by Crippen LogP contribution is -2.07. The fraction of sp³-hybridized carbons (Fsp3) is 0.250. The van der Waals surface area contributed by atoms with Crippen molar-refractivity contribution in [1.29, 1.82) is 5.26 Å². The van der Waals surface area contributed by atoms with E-state index in [1.54, 1.807) is 19.1 Å². The molecule has 0 radical (unpaired) electrons. The van der Waals surface area contributed by atoms with E-state index in [9.17, 15) is 8.42 Å². The summed E-state index contributed by atoms with van der Waals surface area (Å²) < 4.78 is 26.2. The zero-order valence-electron chi connectivity index (χ0n) is 7.68. The van der Waals surface area contributed by atoms with Crippen LogP contribution in [0.15, 0.2) is 12.1 Å². The van der Waals surface area contributed by atoms with Gasteiger partial charge in [0, 0.05) is 5.69 Å². The molecule has 0 fully saturated rings. The van der Waals surface area contributed by atoms with Crippen LogP contribution in [-0.2, 0) is 10.1 Å². The predicted octanol–water partition coefficient (Wildman–Crippen LogP) is 0.600. The topological polar surface area (TPSA) is 80.0 Å². The van der Waals surface area contributed by atoms with Gasteiger partial charge in [0.25, 0.3) is 0 Å². The molecule has 0 N–H and O–H groups in total. The van der Waals surface area contributed by atoms with Crippen molar-refractivity contribution in [3.05, 3.63) is 23.5 Å². The molecule has 0 amide bonds. The molecule has 74 valence electrons. The number of pyridine rings is 1. The van der Waals surface area contributed by atoms with Crippen LogP contribution in [0.1, 0.15) is 11.4 Å². The van der Waals surface area contributed by atoms with Gasteiger partial charge in [-0.3, -0.25) is 0 Å². The average Bonchev–Trinajstić information content (AvgIpc) is 2.06. The zero-order valence-corrected chi connectivity index (χ0v) is 8.50. The smallest absolute Gasteiger partial charge is 0.306 e. The summed E-state index contributed by atoms with van der Waals surface area (Å²) in [5.74, 6) is -0.0411. The first-order valence-corrected chi connectivity index (χ1v) is 5.51. The second kappa shape index (κ2) is 3.64. The average molecular weight is 212 g/mol. The molecule has 0 aliphatic heterocycles. The van der Waals surface area contributed by atoms with E-state index < -0.39 is 10.1 Å². The van der Waals surface area contributed by atoms with Gasteiger partial charge < -0.3 is 4.18 Å². The minimum Gasteiger partial charge on any atom is -0.379 e. The molecule has 1 aromatic heterocycles. The number of aromatic nitrogens is 1. The van der Waals surface area contributed by atoms with E-state index in [1.807, 2.05) is 0 Å². The summed E-state index contributed by atoms with van der Waals surface area (Å²) in [6.07, 6.45) is 0.911. The second-order valence-electron chi connectivity index (χ2n) is 2.70. The van der Waals surface area contributed by atoms with Crippen LogP contribution in [0.25, 0.3) is 0 Å². The van der Waals surface area contributed by atoms with Crippen LogP contribution >= 0.6 is 0 Å². The largest absolute Gasteiger partial charge is 0.379 e. The van der Waals surface area contributed by atoms with Crippen molar-refractivity contribution in [2.75, 3.05) is 6.26 Å². The van der Waals surface area contributed by atoms with Crippen LogP contribution in [0.2, 0.25) is 0 Å². The molecular weight excluding hydrogens is 204 g/mol. The lowest BCUT2D eigenvalue weighted by Gasteiger charge is -2.03. The van der Waals surface area contributed by atoms with Gasteiger partial charge in [-0.05, 0) is 19.1 Å². The van der Waals surface area contributed by atoms with Gasteiger partial charge in [0.2, 0.25) is 0 Å². The molecule has 14 heavy (non-hydrogen) atoms. The quantitative estimate of drug-likeness (QED) is 0.670. The van der Waals surface area contributed by atoms with Gasteiger partial charge in [0.1, 0.15) is 6.07 Å². The molecule has 0 saturated carbocycles. The fourth-order valence-corrected chi connectivity index (χ4v) is 1.32. The molecule has 0 atom stereocenters. The lowest BCUT2D eigenvalue weighted by atomic mass is 10.3. The van der Waals surface area contributed by atoms with E-state index in [1.165, 1.54) is 6.07 Å². The minimum atomic E-state index is -3.61. The second-order valence-corrected chi connectivity index (χ2v) is 4.27. The van der Waals surface area contributed by atoms with Crippen molar-refractivity contribution in [2.24, 2.45) is 0 Å². The Morgan fingerprint density at radius 2 is 2.14 bits per heavy atom. The highest BCUT2D eigenvalue weighted by molar-refractivity contribution is 7.86. The van der Waals surface area contributed by atoms with Crippen molar-refractivity contribution >= 4 is 10.1 Å². The third-order valence-corrected chi connectivity index (χ3v) is 1.83. The first-order chi connectivity index (χ1) is 6.42. The number of hydrogen-bond donors (Lipinski definition) is 0. The van der Waals surface area contributed by atoms with E-state index >= 15 is 0 Å². The predicted molar refractivity (Wildman–Crippen MR) is 49.2 cm³/mol. The van der Waals surface area contributed by atoms with Crippen LogP contribution in [-0.4, -0.2) is 19.7 Å². The number of nitriles is 1. The van der Waals surface area contributed by atoms with Crippen molar-refractivity contribution in [1.82, 2.24) is 4.98 Å². The van der Waals surface area contributed by atoms with Gasteiger partial charge in [-0.25, -0.2) is 4.98 Å². The highest BCUT2D eigenvalue weighted by Crippen LogP contribution is 2.17. The summed E-state index contributed by atoms with van der Waals surface area (Å²) in [6, 6.07) is 4.73. The molecule has 0 aromatic carbocycles. The molecule has 0 aliphatic rings. The normalized spacial score (nSPS) is 10.6. The molecule has 1 heterocycles. The van der Waals surface area contributed by atoms with Crippen LogP contribution < -0.4 is 4.18 Å². The van der Waals surface area contributed by atoms with Crippen molar-refractivity contribution in [3.63, 3.8) is 0 Å². The Hall–Kier alpha value is -1.61. The molecule has 0 saturated heterocycles. The van der Waals surface area contributed by atoms with E-state index in [-0.39, 0.29) is 11.4 Å². The molecule has 0 bridgehead atoms. The Bertz CT molecular complexity index is 488. The number of aryl methyl sites for hydroxylation is 1. The van der Waals surface area contributed by atoms with Gasteiger partial charge in [-0.2, -0.15) is 13.7 Å². The van der Waals surface area contributed by atoms with Crippen molar-refractivity contribution in [3.8, 4) is 11.8 Å². The van der Waals surface area contributed by atoms with Gasteiger partial charge in [-0.15, -0.1) is 0 Å². The Labute approximate surface area is 82.1 Å². The summed E-state index contributed by atoms with van der Waals surface area (Å²) in [4.78, 5) is 3.83. The number of rotatable bonds is 2. The monoisotopic (exact) mass is 212 g/mol. The standard InChI is InChI=1S/C8H8N2O3S/c1-6-3-4-8(7(5-9)10-6)13-14(2,11)12/h3-4H,1-2H3. The molecule has 0 aliphatic carbocycles. The Morgan fingerprint density at radius 3 is 2.64 bits per heavy atom. The molecule has 5 nitrogen and oxygen atoms in total. The Kier molecular flexibility index (Phi) is 2.72. The number of nitrogens with zero attached hydrogens (tertiary/aromatic N) is 2. The van der Waals surface area contributed by atoms with Crippen molar-refractivity contribution in [2.45, 2.75) is 6.92 Å². The van der Waals surface area contributed by atoms with Crippen LogP contribution in [0.5, 0.6) is 5.75 Å². The molecule has 1 rings (SSSR count). The summed E-state index contributed by atoms with van der Waals surface area (Å²) >= 11 is 0. The maximum Gasteiger partial charge on any atom is 0.306 e. The highest BCUT2D eigenvalue weighted by atomic mass is 32.2. The van der Waals surface area contributed by atoms with E-state index in [2.05, 4.69) is 9.17 Å². The first-order valence-electron chi connectivity index (χ1n) is 3.69. The lowest BCUT2D eigenvalue weighted by molar-refractivity contribution is 0.490. The van der Waals surface area contributed by atoms with Crippen LogP contribution in [0.3, 0.4) is 0 Å². The van der Waals surface area contributed by atoms with Gasteiger partial charge in [-0.1, -0.05) is 0 Å². The molecule has 1 aromatic rings.